The third-order valence-electron chi connectivity index (χ3n) is 3.09. The van der Waals surface area contributed by atoms with Crippen LogP contribution in [-0.4, -0.2) is 49.0 Å². The minimum absolute atomic E-state index is 0.0135. The Balaban J connectivity index is 2.25. The van der Waals surface area contributed by atoms with Gasteiger partial charge in [-0.3, -0.25) is 4.90 Å². The van der Waals surface area contributed by atoms with Gasteiger partial charge < -0.3 is 9.84 Å². The SMILES string of the molecule is CCC(C)(CN1CC(CO)C1)OC. The highest BCUT2D eigenvalue weighted by molar-refractivity contribution is 4.86. The van der Waals surface area contributed by atoms with Crippen LogP contribution >= 0.6 is 0 Å². The van der Waals surface area contributed by atoms with Gasteiger partial charge in [-0.1, -0.05) is 6.92 Å². The monoisotopic (exact) mass is 187 g/mol. The lowest BCUT2D eigenvalue weighted by atomic mass is 9.96. The molecule has 1 fully saturated rings. The Labute approximate surface area is 80.7 Å². The fourth-order valence-electron chi connectivity index (χ4n) is 1.72. The molecule has 1 heterocycles. The normalized spacial score (nSPS) is 24.0. The summed E-state index contributed by atoms with van der Waals surface area (Å²) < 4.78 is 5.46. The van der Waals surface area contributed by atoms with E-state index in [-0.39, 0.29) is 5.60 Å². The molecule has 3 nitrogen and oxygen atoms in total. The number of likely N-dealkylation sites (tertiary alicyclic amines) is 1. The molecule has 1 aliphatic heterocycles. The number of aliphatic hydroxyl groups excluding tert-OH is 1. The Hall–Kier alpha value is -0.120. The summed E-state index contributed by atoms with van der Waals surface area (Å²) in [7, 11) is 1.77. The lowest BCUT2D eigenvalue weighted by molar-refractivity contribution is -0.0574. The Bertz CT molecular complexity index is 151. The van der Waals surface area contributed by atoms with E-state index in [1.807, 2.05) is 0 Å². The number of methoxy groups -OCH3 is 1. The maximum atomic E-state index is 8.86. The number of nitrogens with zero attached hydrogens (tertiary/aromatic N) is 1. The van der Waals surface area contributed by atoms with Crippen LogP contribution < -0.4 is 0 Å². The van der Waals surface area contributed by atoms with Gasteiger partial charge in [0.25, 0.3) is 0 Å². The van der Waals surface area contributed by atoms with Crippen molar-refractivity contribution in [3.63, 3.8) is 0 Å². The van der Waals surface area contributed by atoms with Crippen molar-refractivity contribution in [2.45, 2.75) is 25.9 Å². The Kier molecular flexibility index (Phi) is 3.71. The van der Waals surface area contributed by atoms with Gasteiger partial charge in [-0.25, -0.2) is 0 Å². The highest BCUT2D eigenvalue weighted by atomic mass is 16.5. The molecule has 0 aromatic rings. The van der Waals surface area contributed by atoms with Crippen molar-refractivity contribution in [1.29, 1.82) is 0 Å². The maximum absolute atomic E-state index is 8.86. The lowest BCUT2D eigenvalue weighted by Gasteiger charge is -2.43. The van der Waals surface area contributed by atoms with Gasteiger partial charge in [-0.15, -0.1) is 0 Å². The molecule has 0 radical (unpaired) electrons. The molecular formula is C10H21NO2. The third kappa shape index (κ3) is 2.66. The molecule has 1 rings (SSSR count). The summed E-state index contributed by atoms with van der Waals surface area (Å²) in [6.45, 7) is 7.64. The van der Waals surface area contributed by atoms with Crippen molar-refractivity contribution in [1.82, 2.24) is 4.90 Å². The van der Waals surface area contributed by atoms with E-state index in [2.05, 4.69) is 18.7 Å². The zero-order valence-electron chi connectivity index (χ0n) is 8.92. The molecule has 1 aliphatic rings. The third-order valence-corrected chi connectivity index (χ3v) is 3.09. The summed E-state index contributed by atoms with van der Waals surface area (Å²) in [5.41, 5.74) is -0.0135. The van der Waals surface area contributed by atoms with Crippen LogP contribution in [0.1, 0.15) is 20.3 Å². The van der Waals surface area contributed by atoms with Crippen LogP contribution in [0.2, 0.25) is 0 Å². The van der Waals surface area contributed by atoms with Crippen molar-refractivity contribution in [2.75, 3.05) is 33.4 Å². The fraction of sp³-hybridized carbons (Fsp3) is 1.00. The van der Waals surface area contributed by atoms with Gasteiger partial charge in [0, 0.05) is 39.3 Å². The molecule has 1 N–H and O–H groups in total. The first-order chi connectivity index (χ1) is 6.13. The highest BCUT2D eigenvalue weighted by Gasteiger charge is 2.32. The van der Waals surface area contributed by atoms with E-state index >= 15 is 0 Å². The molecule has 0 spiro atoms. The predicted octanol–water partition coefficient (Wildman–Crippen LogP) is 0.726. The number of hydrogen-bond acceptors (Lipinski definition) is 3. The maximum Gasteiger partial charge on any atom is 0.0774 e. The zero-order chi connectivity index (χ0) is 9.90. The Morgan fingerprint density at radius 1 is 1.54 bits per heavy atom. The molecule has 0 bridgehead atoms. The van der Waals surface area contributed by atoms with Gasteiger partial charge in [-0.05, 0) is 13.3 Å². The van der Waals surface area contributed by atoms with Crippen molar-refractivity contribution in [3.8, 4) is 0 Å². The lowest BCUT2D eigenvalue weighted by Crippen LogP contribution is -2.54. The van der Waals surface area contributed by atoms with E-state index in [9.17, 15) is 0 Å². The summed E-state index contributed by atoms with van der Waals surface area (Å²) in [5.74, 6) is 0.498. The van der Waals surface area contributed by atoms with Crippen LogP contribution in [0.15, 0.2) is 0 Å². The van der Waals surface area contributed by atoms with E-state index in [4.69, 9.17) is 9.84 Å². The molecule has 78 valence electrons. The van der Waals surface area contributed by atoms with Gasteiger partial charge in [-0.2, -0.15) is 0 Å². The molecule has 0 aliphatic carbocycles. The minimum Gasteiger partial charge on any atom is -0.396 e. The average molecular weight is 187 g/mol. The van der Waals surface area contributed by atoms with Gasteiger partial charge in [0.2, 0.25) is 0 Å². The zero-order valence-corrected chi connectivity index (χ0v) is 8.92. The van der Waals surface area contributed by atoms with E-state index < -0.39 is 0 Å². The van der Waals surface area contributed by atoms with E-state index in [0.29, 0.717) is 12.5 Å². The molecule has 0 aromatic carbocycles. The van der Waals surface area contributed by atoms with Gasteiger partial charge in [0.1, 0.15) is 0 Å². The molecule has 0 aromatic heterocycles. The summed E-state index contributed by atoms with van der Waals surface area (Å²) in [4.78, 5) is 2.34. The summed E-state index contributed by atoms with van der Waals surface area (Å²) in [6.07, 6.45) is 1.03. The van der Waals surface area contributed by atoms with Crippen molar-refractivity contribution in [2.24, 2.45) is 5.92 Å². The van der Waals surface area contributed by atoms with Crippen molar-refractivity contribution >= 4 is 0 Å². The second-order valence-corrected chi connectivity index (χ2v) is 4.25. The summed E-state index contributed by atoms with van der Waals surface area (Å²) in [5, 5.41) is 8.86. The minimum atomic E-state index is -0.0135. The first-order valence-electron chi connectivity index (χ1n) is 5.02. The molecule has 1 unspecified atom stereocenters. The first kappa shape index (κ1) is 11.0. The van der Waals surface area contributed by atoms with Crippen LogP contribution in [0.5, 0.6) is 0 Å². The van der Waals surface area contributed by atoms with E-state index in [0.717, 1.165) is 26.1 Å². The van der Waals surface area contributed by atoms with Crippen LogP contribution in [0.25, 0.3) is 0 Å². The number of hydrogen-bond donors (Lipinski definition) is 1. The molecule has 0 amide bonds. The van der Waals surface area contributed by atoms with Crippen LogP contribution in [0.3, 0.4) is 0 Å². The topological polar surface area (TPSA) is 32.7 Å². The Morgan fingerprint density at radius 2 is 2.15 bits per heavy atom. The number of rotatable bonds is 5. The average Bonchev–Trinajstić information content (AvgIpc) is 2.10. The van der Waals surface area contributed by atoms with Crippen LogP contribution in [-0.2, 0) is 4.74 Å². The summed E-state index contributed by atoms with van der Waals surface area (Å²) in [6, 6.07) is 0. The number of aliphatic hydroxyl groups is 1. The van der Waals surface area contributed by atoms with E-state index in [1.165, 1.54) is 0 Å². The summed E-state index contributed by atoms with van der Waals surface area (Å²) >= 11 is 0. The van der Waals surface area contributed by atoms with Gasteiger partial charge >= 0.3 is 0 Å². The molecule has 1 atom stereocenters. The molecule has 3 heteroatoms. The quantitative estimate of drug-likeness (QED) is 0.688. The second kappa shape index (κ2) is 4.40. The molecular weight excluding hydrogens is 166 g/mol. The molecule has 0 saturated carbocycles. The van der Waals surface area contributed by atoms with Crippen molar-refractivity contribution < 1.29 is 9.84 Å². The van der Waals surface area contributed by atoms with Crippen molar-refractivity contribution in [3.05, 3.63) is 0 Å². The molecule has 1 saturated heterocycles. The smallest absolute Gasteiger partial charge is 0.0774 e. The fourth-order valence-corrected chi connectivity index (χ4v) is 1.72. The predicted molar refractivity (Wildman–Crippen MR) is 52.7 cm³/mol. The first-order valence-corrected chi connectivity index (χ1v) is 5.02. The highest BCUT2D eigenvalue weighted by Crippen LogP contribution is 2.22. The Morgan fingerprint density at radius 3 is 2.54 bits per heavy atom. The van der Waals surface area contributed by atoms with Crippen LogP contribution in [0.4, 0.5) is 0 Å². The van der Waals surface area contributed by atoms with Crippen LogP contribution in [0, 0.1) is 5.92 Å². The standard InChI is InChI=1S/C10H21NO2/c1-4-10(2,13-3)8-11-5-9(6-11)7-12/h9,12H,4-8H2,1-3H3. The van der Waals surface area contributed by atoms with Gasteiger partial charge in [0.15, 0.2) is 0 Å². The molecule has 13 heavy (non-hydrogen) atoms. The largest absolute Gasteiger partial charge is 0.396 e. The number of ether oxygens (including phenoxy) is 1. The van der Waals surface area contributed by atoms with E-state index in [1.54, 1.807) is 7.11 Å². The second-order valence-electron chi connectivity index (χ2n) is 4.25. The van der Waals surface area contributed by atoms with Gasteiger partial charge in [0.05, 0.1) is 5.60 Å².